The van der Waals surface area contributed by atoms with Crippen molar-refractivity contribution in [1.82, 2.24) is 15.0 Å². The zero-order chi connectivity index (χ0) is 19.6. The molecule has 1 atom stereocenters. The average molecular weight is 393 g/mol. The summed E-state index contributed by atoms with van der Waals surface area (Å²) < 4.78 is 26.8. The summed E-state index contributed by atoms with van der Waals surface area (Å²) in [7, 11) is 0. The second kappa shape index (κ2) is 7.79. The summed E-state index contributed by atoms with van der Waals surface area (Å²) in [5.74, 6) is 0.0192. The highest BCUT2D eigenvalue weighted by Gasteiger charge is 2.23. The van der Waals surface area contributed by atoms with Crippen LogP contribution in [0.25, 0.3) is 0 Å². The summed E-state index contributed by atoms with van der Waals surface area (Å²) in [6.45, 7) is 7.46. The molecule has 2 heterocycles. The van der Waals surface area contributed by atoms with Gasteiger partial charge in [0, 0.05) is 0 Å². The monoisotopic (exact) mass is 392 g/mol. The highest BCUT2D eigenvalue weighted by Crippen LogP contribution is 2.36. The Kier molecular flexibility index (Phi) is 5.46. The van der Waals surface area contributed by atoms with E-state index in [1.807, 2.05) is 0 Å². The van der Waals surface area contributed by atoms with Crippen LogP contribution in [-0.2, 0) is 4.74 Å². The molecule has 27 heavy (non-hydrogen) atoms. The van der Waals surface area contributed by atoms with Crippen molar-refractivity contribution in [3.8, 4) is 5.75 Å². The molecule has 1 aliphatic rings. The number of aryl methyl sites for hydroxylation is 1. The molecule has 0 saturated carbocycles. The molecular formula is C18H18ClFN4O3. The van der Waals surface area contributed by atoms with E-state index in [2.05, 4.69) is 22.0 Å². The summed E-state index contributed by atoms with van der Waals surface area (Å²) >= 11 is 6.15. The lowest BCUT2D eigenvalue weighted by molar-refractivity contribution is 0.0938. The van der Waals surface area contributed by atoms with Gasteiger partial charge in [0.1, 0.15) is 35.8 Å². The number of hydrogen-bond donors (Lipinski definition) is 1. The summed E-state index contributed by atoms with van der Waals surface area (Å²) in [5.41, 5.74) is 0.586. The van der Waals surface area contributed by atoms with E-state index >= 15 is 0 Å². The Morgan fingerprint density at radius 1 is 1.48 bits per heavy atom. The number of rotatable bonds is 1. The summed E-state index contributed by atoms with van der Waals surface area (Å²) in [6.07, 6.45) is 2.11. The van der Waals surface area contributed by atoms with Crippen LogP contribution in [0.4, 0.5) is 4.39 Å². The van der Waals surface area contributed by atoms with Gasteiger partial charge in [0.05, 0.1) is 23.3 Å². The van der Waals surface area contributed by atoms with Crippen LogP contribution in [0.1, 0.15) is 34.9 Å². The van der Waals surface area contributed by atoms with E-state index in [-0.39, 0.29) is 35.7 Å². The zero-order valence-corrected chi connectivity index (χ0v) is 15.6. The molecule has 0 fully saturated rings. The molecule has 3 rings (SSSR count). The molecule has 7 nitrogen and oxygen atoms in total. The molecule has 1 aliphatic heterocycles. The number of carbonyl (C=O) groups excluding carboxylic acids is 1. The predicted molar refractivity (Wildman–Crippen MR) is 98.7 cm³/mol. The largest absolute Gasteiger partial charge is 0.491 e. The molecule has 0 bridgehead atoms. The van der Waals surface area contributed by atoms with Crippen LogP contribution in [0.3, 0.4) is 0 Å². The molecule has 0 saturated heterocycles. The smallest absolute Gasteiger partial charge is 0.271 e. The van der Waals surface area contributed by atoms with Crippen molar-refractivity contribution in [3.05, 3.63) is 58.9 Å². The fourth-order valence-electron chi connectivity index (χ4n) is 2.64. The van der Waals surface area contributed by atoms with Gasteiger partial charge in [0.2, 0.25) is 5.90 Å². The average Bonchev–Trinajstić information content (AvgIpc) is 3.00. The minimum absolute atomic E-state index is 0.0955. The van der Waals surface area contributed by atoms with E-state index in [4.69, 9.17) is 21.1 Å². The number of aromatic nitrogens is 2. The van der Waals surface area contributed by atoms with Gasteiger partial charge >= 0.3 is 0 Å². The number of nitrogens with zero attached hydrogens (tertiary/aromatic N) is 3. The van der Waals surface area contributed by atoms with Gasteiger partial charge in [-0.15, -0.1) is 5.10 Å². The predicted octanol–water partition coefficient (Wildman–Crippen LogP) is 3.23. The Morgan fingerprint density at radius 3 is 3.00 bits per heavy atom. The highest BCUT2D eigenvalue weighted by molar-refractivity contribution is 6.31. The minimum atomic E-state index is -0.684. The number of imidazole rings is 1. The van der Waals surface area contributed by atoms with Gasteiger partial charge in [0.15, 0.2) is 0 Å². The molecule has 1 aromatic heterocycles. The van der Waals surface area contributed by atoms with E-state index in [9.17, 15) is 9.18 Å². The Hall–Kier alpha value is -2.87. The third-order valence-electron chi connectivity index (χ3n) is 3.96. The van der Waals surface area contributed by atoms with Crippen LogP contribution in [0.5, 0.6) is 5.75 Å². The summed E-state index contributed by atoms with van der Waals surface area (Å²) in [6, 6.07) is 2.69. The fourth-order valence-corrected chi connectivity index (χ4v) is 2.95. The minimum Gasteiger partial charge on any atom is -0.491 e. The number of ether oxygens (including phenoxy) is 2. The van der Waals surface area contributed by atoms with Gasteiger partial charge < -0.3 is 14.8 Å². The molecule has 0 aliphatic carbocycles. The van der Waals surface area contributed by atoms with Gasteiger partial charge in [-0.25, -0.2) is 14.1 Å². The van der Waals surface area contributed by atoms with E-state index in [1.165, 1.54) is 29.1 Å². The maximum absolute atomic E-state index is 14.0. The molecular weight excluding hydrogens is 375 g/mol. The Balaban J connectivity index is 2.09. The standard InChI is InChI=1S/C18H18ClFN4O3/c1-4-15-23-24-11(3)22-9-13(24)18(25)21-7-8-26-14-6-5-12(20)17(19)16(14)10(2)27-15/h4-6,9-10H,1,7-8H2,2-3H3,(H,21,25)/b23-15+/t10-/m1/s1. The summed E-state index contributed by atoms with van der Waals surface area (Å²) in [4.78, 5) is 16.5. The topological polar surface area (TPSA) is 77.7 Å². The number of carbonyl (C=O) groups is 1. The van der Waals surface area contributed by atoms with Crippen molar-refractivity contribution in [2.24, 2.45) is 5.10 Å². The van der Waals surface area contributed by atoms with Crippen molar-refractivity contribution in [3.63, 3.8) is 0 Å². The van der Waals surface area contributed by atoms with Crippen LogP contribution in [0.15, 0.2) is 36.1 Å². The van der Waals surface area contributed by atoms with Crippen molar-refractivity contribution in [2.45, 2.75) is 20.0 Å². The molecule has 142 valence electrons. The highest BCUT2D eigenvalue weighted by atomic mass is 35.5. The molecule has 0 radical (unpaired) electrons. The Morgan fingerprint density at radius 2 is 2.26 bits per heavy atom. The number of fused-ring (bicyclic) bond motifs is 2. The lowest BCUT2D eigenvalue weighted by Gasteiger charge is -2.20. The van der Waals surface area contributed by atoms with Crippen LogP contribution >= 0.6 is 11.6 Å². The molecule has 1 N–H and O–H groups in total. The number of hydrogen-bond acceptors (Lipinski definition) is 5. The van der Waals surface area contributed by atoms with E-state index in [0.717, 1.165) is 0 Å². The van der Waals surface area contributed by atoms with Crippen LogP contribution < -0.4 is 10.1 Å². The third-order valence-corrected chi connectivity index (χ3v) is 4.34. The van der Waals surface area contributed by atoms with Crippen LogP contribution in [0, 0.1) is 12.7 Å². The molecule has 9 heteroatoms. The second-order valence-corrected chi connectivity index (χ2v) is 6.16. The van der Waals surface area contributed by atoms with Crippen LogP contribution in [-0.4, -0.2) is 34.6 Å². The molecule has 0 unspecified atom stereocenters. The van der Waals surface area contributed by atoms with Crippen LogP contribution in [0.2, 0.25) is 5.02 Å². The third kappa shape index (κ3) is 3.80. The summed E-state index contributed by atoms with van der Waals surface area (Å²) in [5, 5.41) is 6.93. The maximum Gasteiger partial charge on any atom is 0.271 e. The fraction of sp³-hybridized carbons (Fsp3) is 0.278. The number of amides is 1. The Labute approximate surface area is 160 Å². The normalized spacial score (nSPS) is 19.5. The van der Waals surface area contributed by atoms with Crippen molar-refractivity contribution < 1.29 is 18.7 Å². The van der Waals surface area contributed by atoms with Gasteiger partial charge in [-0.3, -0.25) is 4.79 Å². The van der Waals surface area contributed by atoms with Crippen molar-refractivity contribution >= 4 is 23.4 Å². The first-order chi connectivity index (χ1) is 12.9. The van der Waals surface area contributed by atoms with Gasteiger partial charge in [0.25, 0.3) is 5.91 Å². The molecule has 1 aromatic carbocycles. The first kappa shape index (κ1) is 18.9. The zero-order valence-electron chi connectivity index (χ0n) is 14.8. The quantitative estimate of drug-likeness (QED) is 0.808. The van der Waals surface area contributed by atoms with Gasteiger partial charge in [-0.05, 0) is 32.1 Å². The lowest BCUT2D eigenvalue weighted by Crippen LogP contribution is -2.29. The SMILES string of the molecule is C=C/C1=N\n2c(cnc2C)C(=O)NCCOc2ccc(F)c(Cl)c2[C@@H](C)O1. The second-order valence-electron chi connectivity index (χ2n) is 5.78. The molecule has 1 amide bonds. The number of halogens is 2. The first-order valence-corrected chi connectivity index (χ1v) is 8.61. The molecule has 2 aromatic rings. The number of nitrogens with one attached hydrogen (secondary N) is 1. The first-order valence-electron chi connectivity index (χ1n) is 8.23. The van der Waals surface area contributed by atoms with Crippen molar-refractivity contribution in [1.29, 1.82) is 0 Å². The van der Waals surface area contributed by atoms with E-state index in [0.29, 0.717) is 17.1 Å². The maximum atomic E-state index is 14.0. The van der Waals surface area contributed by atoms with E-state index < -0.39 is 11.9 Å². The number of benzene rings is 1. The molecule has 0 spiro atoms. The Bertz CT molecular complexity index is 926. The van der Waals surface area contributed by atoms with Crippen molar-refractivity contribution in [2.75, 3.05) is 13.2 Å². The van der Waals surface area contributed by atoms with E-state index in [1.54, 1.807) is 13.8 Å². The lowest BCUT2D eigenvalue weighted by atomic mass is 10.1. The van der Waals surface area contributed by atoms with Gasteiger partial charge in [-0.2, -0.15) is 0 Å². The van der Waals surface area contributed by atoms with Gasteiger partial charge in [-0.1, -0.05) is 18.2 Å².